The van der Waals surface area contributed by atoms with Crippen LogP contribution in [0.15, 0.2) is 12.1 Å². The number of hydrogen-bond donors (Lipinski definition) is 1. The lowest BCUT2D eigenvalue weighted by Crippen LogP contribution is -1.97. The number of halogens is 1. The minimum atomic E-state index is 0.740. The van der Waals surface area contributed by atoms with Gasteiger partial charge in [0.15, 0.2) is 0 Å². The Labute approximate surface area is 94.1 Å². The number of hydrogen-bond acceptors (Lipinski definition) is 2. The highest BCUT2D eigenvalue weighted by Crippen LogP contribution is 2.30. The van der Waals surface area contributed by atoms with Gasteiger partial charge in [-0.3, -0.25) is 4.98 Å². The van der Waals surface area contributed by atoms with Gasteiger partial charge >= 0.3 is 0 Å². The number of aromatic nitrogens is 1. The molecule has 15 heavy (non-hydrogen) atoms. The van der Waals surface area contributed by atoms with Gasteiger partial charge in [0.05, 0.1) is 10.5 Å². The lowest BCUT2D eigenvalue weighted by atomic mass is 10.0. The first kappa shape index (κ1) is 10.2. The first-order valence-corrected chi connectivity index (χ1v) is 5.21. The van der Waals surface area contributed by atoms with Gasteiger partial charge < -0.3 is 5.73 Å². The molecule has 0 atom stereocenters. The fourth-order valence-electron chi connectivity index (χ4n) is 1.78. The topological polar surface area (TPSA) is 38.9 Å². The van der Waals surface area contributed by atoms with Gasteiger partial charge in [-0.15, -0.1) is 0 Å². The van der Waals surface area contributed by atoms with E-state index in [1.54, 1.807) is 0 Å². The zero-order valence-corrected chi connectivity index (χ0v) is 9.81. The van der Waals surface area contributed by atoms with Gasteiger partial charge in [0.25, 0.3) is 0 Å². The van der Waals surface area contributed by atoms with Crippen LogP contribution in [0.4, 0.5) is 5.69 Å². The van der Waals surface area contributed by atoms with Crippen molar-refractivity contribution < 1.29 is 0 Å². The fraction of sp³-hybridized carbons (Fsp3) is 0.250. The summed E-state index contributed by atoms with van der Waals surface area (Å²) in [5, 5.41) is 1.72. The van der Waals surface area contributed by atoms with E-state index in [9.17, 15) is 0 Å². The molecule has 0 bridgehead atoms. The molecular formula is C12H13ClN2. The largest absolute Gasteiger partial charge is 0.398 e. The van der Waals surface area contributed by atoms with Crippen molar-refractivity contribution in [3.8, 4) is 0 Å². The van der Waals surface area contributed by atoms with Crippen LogP contribution < -0.4 is 5.73 Å². The highest BCUT2D eigenvalue weighted by molar-refractivity contribution is 6.35. The Balaban J connectivity index is 2.98. The molecule has 0 aliphatic carbocycles. The average molecular weight is 221 g/mol. The third-order valence-corrected chi connectivity index (χ3v) is 2.99. The predicted molar refractivity (Wildman–Crippen MR) is 65.4 cm³/mol. The molecule has 0 spiro atoms. The van der Waals surface area contributed by atoms with E-state index in [1.807, 2.05) is 32.9 Å². The van der Waals surface area contributed by atoms with E-state index in [2.05, 4.69) is 4.98 Å². The maximum atomic E-state index is 6.18. The number of aryl methyl sites for hydroxylation is 3. The molecule has 2 aromatic rings. The average Bonchev–Trinajstić information content (AvgIpc) is 2.17. The molecule has 0 aliphatic rings. The second kappa shape index (κ2) is 3.38. The molecule has 2 rings (SSSR count). The van der Waals surface area contributed by atoms with Crippen molar-refractivity contribution in [3.05, 3.63) is 34.0 Å². The van der Waals surface area contributed by atoms with Gasteiger partial charge in [-0.2, -0.15) is 0 Å². The molecule has 0 unspecified atom stereocenters. The summed E-state index contributed by atoms with van der Waals surface area (Å²) in [6.07, 6.45) is 0. The number of benzene rings is 1. The van der Waals surface area contributed by atoms with E-state index in [1.165, 1.54) is 0 Å². The van der Waals surface area contributed by atoms with Crippen LogP contribution in [0.25, 0.3) is 10.9 Å². The number of nitrogen functional groups attached to an aromatic ring is 1. The summed E-state index contributed by atoms with van der Waals surface area (Å²) in [6.45, 7) is 5.90. The molecule has 0 saturated carbocycles. The molecule has 0 saturated heterocycles. The SMILES string of the molecule is Cc1cc(Cl)c2cc(C)c(N)c(C)c2n1. The van der Waals surface area contributed by atoms with E-state index >= 15 is 0 Å². The van der Waals surface area contributed by atoms with Crippen molar-refractivity contribution >= 4 is 28.2 Å². The lowest BCUT2D eigenvalue weighted by Gasteiger charge is -2.10. The maximum Gasteiger partial charge on any atom is 0.0770 e. The number of anilines is 1. The van der Waals surface area contributed by atoms with Crippen molar-refractivity contribution in [2.75, 3.05) is 5.73 Å². The lowest BCUT2D eigenvalue weighted by molar-refractivity contribution is 1.24. The monoisotopic (exact) mass is 220 g/mol. The Morgan fingerprint density at radius 2 is 1.87 bits per heavy atom. The maximum absolute atomic E-state index is 6.18. The van der Waals surface area contributed by atoms with Gasteiger partial charge in [0, 0.05) is 16.8 Å². The van der Waals surface area contributed by atoms with Crippen molar-refractivity contribution in [1.29, 1.82) is 0 Å². The molecule has 0 radical (unpaired) electrons. The molecule has 78 valence electrons. The summed E-state index contributed by atoms with van der Waals surface area (Å²) in [7, 11) is 0. The Morgan fingerprint density at radius 3 is 2.53 bits per heavy atom. The van der Waals surface area contributed by atoms with E-state index in [4.69, 9.17) is 17.3 Å². The summed E-state index contributed by atoms with van der Waals surface area (Å²) in [5.41, 5.74) is 10.6. The number of nitrogens with zero attached hydrogens (tertiary/aromatic N) is 1. The second-order valence-electron chi connectivity index (χ2n) is 3.87. The zero-order chi connectivity index (χ0) is 11.2. The number of pyridine rings is 1. The fourth-order valence-corrected chi connectivity index (χ4v) is 2.09. The van der Waals surface area contributed by atoms with Crippen LogP contribution >= 0.6 is 11.6 Å². The Bertz CT molecular complexity index is 547. The summed E-state index contributed by atoms with van der Waals surface area (Å²) >= 11 is 6.18. The van der Waals surface area contributed by atoms with Crippen LogP contribution in [-0.4, -0.2) is 4.98 Å². The molecule has 0 aliphatic heterocycles. The highest BCUT2D eigenvalue weighted by atomic mass is 35.5. The van der Waals surface area contributed by atoms with Crippen LogP contribution in [0.2, 0.25) is 5.02 Å². The minimum Gasteiger partial charge on any atom is -0.398 e. The van der Waals surface area contributed by atoms with E-state index in [-0.39, 0.29) is 0 Å². The Kier molecular flexibility index (Phi) is 2.31. The van der Waals surface area contributed by atoms with E-state index in [0.29, 0.717) is 0 Å². The standard InChI is InChI=1S/C12H13ClN2/c1-6-4-9-10(13)5-7(2)15-12(9)8(3)11(6)14/h4-5H,14H2,1-3H3. The highest BCUT2D eigenvalue weighted by Gasteiger charge is 2.09. The first-order valence-electron chi connectivity index (χ1n) is 4.83. The number of fused-ring (bicyclic) bond motifs is 1. The summed E-state index contributed by atoms with van der Waals surface area (Å²) in [5.74, 6) is 0. The van der Waals surface area contributed by atoms with Crippen LogP contribution in [-0.2, 0) is 0 Å². The third kappa shape index (κ3) is 1.55. The van der Waals surface area contributed by atoms with E-state index in [0.717, 1.165) is 38.4 Å². The predicted octanol–water partition coefficient (Wildman–Crippen LogP) is 3.40. The van der Waals surface area contributed by atoms with E-state index < -0.39 is 0 Å². The zero-order valence-electron chi connectivity index (χ0n) is 9.06. The Morgan fingerprint density at radius 1 is 1.20 bits per heavy atom. The van der Waals surface area contributed by atoms with Crippen LogP contribution in [0.3, 0.4) is 0 Å². The normalized spacial score (nSPS) is 10.9. The number of rotatable bonds is 0. The quantitative estimate of drug-likeness (QED) is 0.692. The van der Waals surface area contributed by atoms with Crippen molar-refractivity contribution in [3.63, 3.8) is 0 Å². The second-order valence-corrected chi connectivity index (χ2v) is 4.28. The van der Waals surface area contributed by atoms with Gasteiger partial charge in [-0.05, 0) is 44.0 Å². The van der Waals surface area contributed by atoms with Gasteiger partial charge in [0.1, 0.15) is 0 Å². The van der Waals surface area contributed by atoms with Crippen molar-refractivity contribution in [1.82, 2.24) is 4.98 Å². The molecule has 1 heterocycles. The molecule has 2 nitrogen and oxygen atoms in total. The molecular weight excluding hydrogens is 208 g/mol. The van der Waals surface area contributed by atoms with Crippen molar-refractivity contribution in [2.24, 2.45) is 0 Å². The first-order chi connectivity index (χ1) is 7.00. The summed E-state index contributed by atoms with van der Waals surface area (Å²) < 4.78 is 0. The van der Waals surface area contributed by atoms with Gasteiger partial charge in [-0.25, -0.2) is 0 Å². The van der Waals surface area contributed by atoms with Crippen LogP contribution in [0.5, 0.6) is 0 Å². The minimum absolute atomic E-state index is 0.740. The molecule has 0 fully saturated rings. The summed E-state index contributed by atoms with van der Waals surface area (Å²) in [6, 6.07) is 3.87. The number of nitrogens with two attached hydrogens (primary N) is 1. The molecule has 2 N–H and O–H groups in total. The van der Waals surface area contributed by atoms with Gasteiger partial charge in [0.2, 0.25) is 0 Å². The molecule has 3 heteroatoms. The molecule has 1 aromatic heterocycles. The van der Waals surface area contributed by atoms with Crippen LogP contribution in [0.1, 0.15) is 16.8 Å². The van der Waals surface area contributed by atoms with Crippen LogP contribution in [0, 0.1) is 20.8 Å². The smallest absolute Gasteiger partial charge is 0.0770 e. The molecule has 1 aromatic carbocycles. The van der Waals surface area contributed by atoms with Gasteiger partial charge in [-0.1, -0.05) is 11.6 Å². The summed E-state index contributed by atoms with van der Waals surface area (Å²) in [4.78, 5) is 4.47. The van der Waals surface area contributed by atoms with Crippen molar-refractivity contribution in [2.45, 2.75) is 20.8 Å². The Hall–Kier alpha value is -1.28. The third-order valence-electron chi connectivity index (χ3n) is 2.68. The molecule has 0 amide bonds.